The first kappa shape index (κ1) is 47.8. The number of hydrogen-bond donors (Lipinski definition) is 4. The summed E-state index contributed by atoms with van der Waals surface area (Å²) in [6.45, 7) is 4.15. The van der Waals surface area contributed by atoms with Gasteiger partial charge in [-0.15, -0.1) is 0 Å². The molecule has 0 radical (unpaired) electrons. The molecule has 5 nitrogen and oxygen atoms in total. The van der Waals surface area contributed by atoms with E-state index in [0.717, 1.165) is 38.5 Å². The summed E-state index contributed by atoms with van der Waals surface area (Å²) in [6, 6.07) is -0.824. The average Bonchev–Trinajstić information content (AvgIpc) is 3.10. The Bertz CT molecular complexity index is 724. The van der Waals surface area contributed by atoms with Gasteiger partial charge in [0.1, 0.15) is 6.10 Å². The number of carbonyl (C=O) groups excluding carboxylic acids is 1. The zero-order valence-corrected chi connectivity index (χ0v) is 32.8. The van der Waals surface area contributed by atoms with Crippen molar-refractivity contribution in [2.45, 2.75) is 244 Å². The third-order valence-electron chi connectivity index (χ3n) is 10.0. The van der Waals surface area contributed by atoms with Crippen LogP contribution in [0, 0.1) is 0 Å². The number of aliphatic hydroxyl groups excluding tert-OH is 3. The number of allylic oxidation sites excluding steroid dienone is 4. The van der Waals surface area contributed by atoms with Crippen LogP contribution in [-0.2, 0) is 4.79 Å². The molecule has 0 aliphatic heterocycles. The number of carbonyl (C=O) groups is 1. The van der Waals surface area contributed by atoms with Gasteiger partial charge < -0.3 is 20.6 Å². The summed E-state index contributed by atoms with van der Waals surface area (Å²) in [6.07, 6.45) is 47.2. The number of rotatable bonds is 39. The van der Waals surface area contributed by atoms with Gasteiger partial charge in [0, 0.05) is 6.42 Å². The Kier molecular flexibility index (Phi) is 38.7. The summed E-state index contributed by atoms with van der Waals surface area (Å²) in [5.41, 5.74) is 0. The standard InChI is InChI=1S/C44H85NO4/c1-3-5-7-9-11-13-15-16-17-18-19-20-21-22-23-24-25-26-27-29-31-33-35-37-39-43(48)45-41(40-46)44(49)42(47)38-36-34-32-30-28-14-12-10-8-6-4-2/h22-23,30,32,41-42,44,46-47,49H,3-21,24-29,31,33-40H2,1-2H3,(H,45,48)/b23-22-,32-30+. The summed E-state index contributed by atoms with van der Waals surface area (Å²) in [7, 11) is 0. The normalized spacial score (nSPS) is 13.8. The highest BCUT2D eigenvalue weighted by molar-refractivity contribution is 5.76. The number of aliphatic hydroxyl groups is 3. The lowest BCUT2D eigenvalue weighted by molar-refractivity contribution is -0.124. The van der Waals surface area contributed by atoms with Crippen LogP contribution in [0.5, 0.6) is 0 Å². The molecule has 0 aromatic heterocycles. The van der Waals surface area contributed by atoms with Gasteiger partial charge in [-0.25, -0.2) is 0 Å². The van der Waals surface area contributed by atoms with Crippen molar-refractivity contribution in [1.29, 1.82) is 0 Å². The van der Waals surface area contributed by atoms with E-state index in [-0.39, 0.29) is 12.5 Å². The highest BCUT2D eigenvalue weighted by Crippen LogP contribution is 2.15. The predicted molar refractivity (Wildman–Crippen MR) is 213 cm³/mol. The summed E-state index contributed by atoms with van der Waals surface area (Å²) in [5.74, 6) is -0.158. The summed E-state index contributed by atoms with van der Waals surface area (Å²) < 4.78 is 0. The molecule has 0 rings (SSSR count). The van der Waals surface area contributed by atoms with Gasteiger partial charge in [0.15, 0.2) is 0 Å². The second-order valence-electron chi connectivity index (χ2n) is 14.9. The monoisotopic (exact) mass is 692 g/mol. The number of hydrogen-bond acceptors (Lipinski definition) is 4. The predicted octanol–water partition coefficient (Wildman–Crippen LogP) is 12.2. The van der Waals surface area contributed by atoms with Gasteiger partial charge >= 0.3 is 0 Å². The lowest BCUT2D eigenvalue weighted by Gasteiger charge is -2.26. The quantitative estimate of drug-likeness (QED) is 0.0381. The van der Waals surface area contributed by atoms with Crippen LogP contribution in [0.2, 0.25) is 0 Å². The Morgan fingerprint density at radius 1 is 0.490 bits per heavy atom. The molecule has 0 aliphatic carbocycles. The highest BCUT2D eigenvalue weighted by Gasteiger charge is 2.26. The maximum Gasteiger partial charge on any atom is 0.220 e. The first-order chi connectivity index (χ1) is 24.1. The molecule has 0 saturated carbocycles. The van der Waals surface area contributed by atoms with Gasteiger partial charge in [0.25, 0.3) is 0 Å². The summed E-state index contributed by atoms with van der Waals surface area (Å²) in [5, 5.41) is 33.4. The van der Waals surface area contributed by atoms with Gasteiger partial charge in [0.2, 0.25) is 5.91 Å². The number of amides is 1. The van der Waals surface area contributed by atoms with Crippen LogP contribution in [-0.4, -0.2) is 46.1 Å². The van der Waals surface area contributed by atoms with E-state index in [1.54, 1.807) is 0 Å². The van der Waals surface area contributed by atoms with Crippen LogP contribution in [0.25, 0.3) is 0 Å². The number of unbranched alkanes of at least 4 members (excludes halogenated alkanes) is 27. The van der Waals surface area contributed by atoms with Crippen molar-refractivity contribution >= 4 is 5.91 Å². The smallest absolute Gasteiger partial charge is 0.220 e. The maximum atomic E-state index is 12.4. The topological polar surface area (TPSA) is 89.8 Å². The molecule has 290 valence electrons. The fourth-order valence-electron chi connectivity index (χ4n) is 6.63. The fraction of sp³-hybridized carbons (Fsp3) is 0.886. The van der Waals surface area contributed by atoms with Crippen molar-refractivity contribution in [2.75, 3.05) is 6.61 Å². The Labute approximate surface area is 305 Å². The van der Waals surface area contributed by atoms with Crippen molar-refractivity contribution in [1.82, 2.24) is 5.32 Å². The van der Waals surface area contributed by atoms with E-state index in [9.17, 15) is 20.1 Å². The molecule has 0 aromatic rings. The van der Waals surface area contributed by atoms with Crippen molar-refractivity contribution in [2.24, 2.45) is 0 Å². The Morgan fingerprint density at radius 3 is 1.18 bits per heavy atom. The van der Waals surface area contributed by atoms with E-state index in [0.29, 0.717) is 12.8 Å². The van der Waals surface area contributed by atoms with Crippen LogP contribution in [0.3, 0.4) is 0 Å². The molecule has 0 bridgehead atoms. The zero-order chi connectivity index (χ0) is 35.9. The first-order valence-corrected chi connectivity index (χ1v) is 21.6. The van der Waals surface area contributed by atoms with Gasteiger partial charge in [-0.05, 0) is 64.2 Å². The molecule has 3 unspecified atom stereocenters. The van der Waals surface area contributed by atoms with Crippen LogP contribution >= 0.6 is 0 Å². The van der Waals surface area contributed by atoms with E-state index >= 15 is 0 Å². The van der Waals surface area contributed by atoms with Gasteiger partial charge in [-0.3, -0.25) is 4.79 Å². The van der Waals surface area contributed by atoms with E-state index in [1.807, 2.05) is 0 Å². The molecule has 0 aliphatic rings. The van der Waals surface area contributed by atoms with Crippen LogP contribution < -0.4 is 5.32 Å². The molecule has 4 N–H and O–H groups in total. The minimum absolute atomic E-state index is 0.158. The second kappa shape index (κ2) is 39.6. The van der Waals surface area contributed by atoms with Crippen LogP contribution in [0.1, 0.15) is 226 Å². The molecule has 49 heavy (non-hydrogen) atoms. The van der Waals surface area contributed by atoms with E-state index in [2.05, 4.69) is 43.5 Å². The van der Waals surface area contributed by atoms with Gasteiger partial charge in [-0.1, -0.05) is 179 Å². The lowest BCUT2D eigenvalue weighted by Crippen LogP contribution is -2.50. The first-order valence-electron chi connectivity index (χ1n) is 21.6. The van der Waals surface area contributed by atoms with Crippen molar-refractivity contribution in [3.8, 4) is 0 Å². The SMILES string of the molecule is CCCCCCCC/C=C/CCCC(O)C(O)C(CO)NC(=O)CCCCCCCCCC/C=C\CCCCCCCCCCCCCC. The highest BCUT2D eigenvalue weighted by atomic mass is 16.3. The van der Waals surface area contributed by atoms with E-state index < -0.39 is 18.2 Å². The molecule has 0 heterocycles. The molecular weight excluding hydrogens is 606 g/mol. The summed E-state index contributed by atoms with van der Waals surface area (Å²) in [4.78, 5) is 12.4. The third kappa shape index (κ3) is 35.0. The van der Waals surface area contributed by atoms with Gasteiger partial charge in [-0.2, -0.15) is 0 Å². The number of nitrogens with one attached hydrogen (secondary N) is 1. The van der Waals surface area contributed by atoms with E-state index in [1.165, 1.54) is 161 Å². The van der Waals surface area contributed by atoms with E-state index in [4.69, 9.17) is 0 Å². The van der Waals surface area contributed by atoms with Crippen molar-refractivity contribution < 1.29 is 20.1 Å². The zero-order valence-electron chi connectivity index (χ0n) is 32.8. The molecule has 0 saturated heterocycles. The Balaban J connectivity index is 3.60. The average molecular weight is 692 g/mol. The molecule has 3 atom stereocenters. The minimum Gasteiger partial charge on any atom is -0.394 e. The fourth-order valence-corrected chi connectivity index (χ4v) is 6.63. The minimum atomic E-state index is -1.16. The summed E-state index contributed by atoms with van der Waals surface area (Å²) >= 11 is 0. The lowest BCUT2D eigenvalue weighted by atomic mass is 10.0. The largest absolute Gasteiger partial charge is 0.394 e. The van der Waals surface area contributed by atoms with Crippen LogP contribution in [0.15, 0.2) is 24.3 Å². The van der Waals surface area contributed by atoms with Crippen molar-refractivity contribution in [3.63, 3.8) is 0 Å². The molecule has 0 spiro atoms. The second-order valence-corrected chi connectivity index (χ2v) is 14.9. The Morgan fingerprint density at radius 2 is 0.816 bits per heavy atom. The molecule has 1 amide bonds. The molecule has 5 heteroatoms. The molecular formula is C44H85NO4. The van der Waals surface area contributed by atoms with Crippen LogP contribution in [0.4, 0.5) is 0 Å². The maximum absolute atomic E-state index is 12.4. The van der Waals surface area contributed by atoms with Gasteiger partial charge in [0.05, 0.1) is 18.8 Å². The third-order valence-corrected chi connectivity index (χ3v) is 10.0. The van der Waals surface area contributed by atoms with Crippen molar-refractivity contribution in [3.05, 3.63) is 24.3 Å². The molecule has 0 fully saturated rings. The molecule has 0 aromatic carbocycles. The Hall–Kier alpha value is -1.17.